The van der Waals surface area contributed by atoms with Gasteiger partial charge in [-0.1, -0.05) is 30.5 Å². The average Bonchev–Trinajstić information content (AvgIpc) is 2.68. The van der Waals surface area contributed by atoms with E-state index in [1.54, 1.807) is 0 Å². The van der Waals surface area contributed by atoms with Gasteiger partial charge in [0.1, 0.15) is 5.60 Å². The smallest absolute Gasteiger partial charge is 0.128 e. The fourth-order valence-electron chi connectivity index (χ4n) is 3.89. The summed E-state index contributed by atoms with van der Waals surface area (Å²) in [5, 5.41) is 10.4. The molecule has 1 saturated heterocycles. The van der Waals surface area contributed by atoms with Crippen molar-refractivity contribution in [3.63, 3.8) is 0 Å². The number of β-amino-alcohol motifs (C(OH)–C–C–N with tert-alkyl or cyclic N) is 1. The highest BCUT2D eigenvalue weighted by atomic mass is 16.5. The molecule has 0 bridgehead atoms. The predicted molar refractivity (Wildman–Crippen MR) is 102 cm³/mol. The molecule has 1 aliphatic heterocycles. The van der Waals surface area contributed by atoms with Crippen LogP contribution in [0, 0.1) is 12.3 Å². The summed E-state index contributed by atoms with van der Waals surface area (Å²) in [4.78, 5) is 4.71. The van der Waals surface area contributed by atoms with E-state index < -0.39 is 11.7 Å². The quantitative estimate of drug-likeness (QED) is 0.806. The van der Waals surface area contributed by atoms with Gasteiger partial charge in [-0.15, -0.1) is 6.42 Å². The molecule has 0 unspecified atom stereocenters. The highest BCUT2D eigenvalue weighted by Crippen LogP contribution is 2.31. The lowest BCUT2D eigenvalue weighted by Gasteiger charge is -2.37. The number of hydrogen-bond donors (Lipinski definition) is 1. The second kappa shape index (κ2) is 8.71. The Kier molecular flexibility index (Phi) is 6.36. The second-order valence-corrected chi connectivity index (χ2v) is 7.29. The molecule has 2 aliphatic rings. The van der Waals surface area contributed by atoms with Crippen molar-refractivity contribution < 1.29 is 9.84 Å². The van der Waals surface area contributed by atoms with Crippen molar-refractivity contribution in [2.45, 2.75) is 43.8 Å². The molecule has 1 aromatic rings. The molecule has 2 fully saturated rings. The summed E-state index contributed by atoms with van der Waals surface area (Å²) in [6.45, 7) is 4.91. The van der Waals surface area contributed by atoms with Crippen molar-refractivity contribution in [2.24, 2.45) is 0 Å². The molecule has 136 valence electrons. The van der Waals surface area contributed by atoms with Crippen molar-refractivity contribution in [1.82, 2.24) is 4.90 Å². The largest absolute Gasteiger partial charge is 0.389 e. The first-order valence-electron chi connectivity index (χ1n) is 9.53. The van der Waals surface area contributed by atoms with Crippen LogP contribution >= 0.6 is 0 Å². The van der Waals surface area contributed by atoms with Crippen molar-refractivity contribution >= 4 is 5.69 Å². The first kappa shape index (κ1) is 18.3. The number of para-hydroxylation sites is 1. The molecule has 0 aromatic heterocycles. The summed E-state index contributed by atoms with van der Waals surface area (Å²) in [6, 6.07) is 10.5. The normalized spacial score (nSPS) is 22.3. The van der Waals surface area contributed by atoms with Gasteiger partial charge in [-0.2, -0.15) is 0 Å². The molecule has 3 rings (SSSR count). The first-order valence-corrected chi connectivity index (χ1v) is 9.53. The molecule has 4 heteroatoms. The summed E-state index contributed by atoms with van der Waals surface area (Å²) >= 11 is 0. The Balaban J connectivity index is 1.40. The Morgan fingerprint density at radius 3 is 2.40 bits per heavy atom. The molecular formula is C21H30N2O2. The number of piperazine rings is 1. The Hall–Kier alpha value is -1.54. The number of ether oxygens (including phenoxy) is 1. The molecule has 1 N–H and O–H groups in total. The minimum Gasteiger partial charge on any atom is -0.389 e. The van der Waals surface area contributed by atoms with Crippen LogP contribution < -0.4 is 4.90 Å². The fraction of sp³-hybridized carbons (Fsp3) is 0.619. The third kappa shape index (κ3) is 4.98. The minimum atomic E-state index is -0.476. The Labute approximate surface area is 151 Å². The summed E-state index contributed by atoms with van der Waals surface area (Å²) in [5.74, 6) is 2.85. The topological polar surface area (TPSA) is 35.9 Å². The molecule has 0 spiro atoms. The molecule has 0 radical (unpaired) electrons. The molecule has 0 amide bonds. The van der Waals surface area contributed by atoms with Gasteiger partial charge in [0.2, 0.25) is 0 Å². The average molecular weight is 342 g/mol. The highest BCUT2D eigenvalue weighted by Gasteiger charge is 2.31. The number of rotatable bonds is 6. The van der Waals surface area contributed by atoms with Gasteiger partial charge in [0, 0.05) is 38.4 Å². The van der Waals surface area contributed by atoms with Crippen LogP contribution in [0.5, 0.6) is 0 Å². The van der Waals surface area contributed by atoms with Gasteiger partial charge in [0.05, 0.1) is 12.7 Å². The first-order chi connectivity index (χ1) is 12.2. The van der Waals surface area contributed by atoms with E-state index >= 15 is 0 Å². The van der Waals surface area contributed by atoms with Crippen molar-refractivity contribution in [3.8, 4) is 12.3 Å². The minimum absolute atomic E-state index is 0.336. The van der Waals surface area contributed by atoms with Crippen LogP contribution in [0.15, 0.2) is 30.3 Å². The van der Waals surface area contributed by atoms with Gasteiger partial charge in [-0.3, -0.25) is 4.90 Å². The van der Waals surface area contributed by atoms with E-state index in [2.05, 4.69) is 40.0 Å². The van der Waals surface area contributed by atoms with E-state index in [9.17, 15) is 5.11 Å². The number of anilines is 1. The zero-order chi connectivity index (χ0) is 17.5. The van der Waals surface area contributed by atoms with Gasteiger partial charge in [-0.25, -0.2) is 0 Å². The maximum absolute atomic E-state index is 10.4. The number of aliphatic hydroxyl groups excluding tert-OH is 1. The lowest BCUT2D eigenvalue weighted by atomic mass is 9.85. The van der Waals surface area contributed by atoms with Crippen LogP contribution in [0.2, 0.25) is 0 Å². The van der Waals surface area contributed by atoms with Crippen LogP contribution in [-0.4, -0.2) is 61.0 Å². The Bertz CT molecular complexity index is 555. The fourth-order valence-corrected chi connectivity index (χ4v) is 3.89. The van der Waals surface area contributed by atoms with Crippen LogP contribution in [0.1, 0.15) is 32.1 Å². The van der Waals surface area contributed by atoms with Gasteiger partial charge < -0.3 is 14.7 Å². The molecule has 1 heterocycles. The van der Waals surface area contributed by atoms with Crippen LogP contribution in [0.4, 0.5) is 5.69 Å². The van der Waals surface area contributed by atoms with Crippen molar-refractivity contribution in [1.29, 1.82) is 0 Å². The second-order valence-electron chi connectivity index (χ2n) is 7.29. The molecular weight excluding hydrogens is 312 g/mol. The molecule has 1 aliphatic carbocycles. The van der Waals surface area contributed by atoms with Crippen LogP contribution in [0.3, 0.4) is 0 Å². The van der Waals surface area contributed by atoms with E-state index in [1.165, 1.54) is 12.1 Å². The van der Waals surface area contributed by atoms with Gasteiger partial charge in [0.25, 0.3) is 0 Å². The SMILES string of the molecule is C#CC1(OC[C@@H](O)CN2CCN(c3ccccc3)CC2)CCCCC1. The Morgan fingerprint density at radius 2 is 1.76 bits per heavy atom. The van der Waals surface area contributed by atoms with Crippen molar-refractivity contribution in [2.75, 3.05) is 44.2 Å². The molecule has 1 saturated carbocycles. The summed E-state index contributed by atoms with van der Waals surface area (Å²) < 4.78 is 5.99. The molecule has 1 atom stereocenters. The van der Waals surface area contributed by atoms with Crippen LogP contribution in [-0.2, 0) is 4.74 Å². The number of nitrogens with zero attached hydrogens (tertiary/aromatic N) is 2. The lowest BCUT2D eigenvalue weighted by Crippen LogP contribution is -2.49. The number of benzene rings is 1. The number of terminal acetylenes is 1. The van der Waals surface area contributed by atoms with E-state index in [4.69, 9.17) is 11.2 Å². The van der Waals surface area contributed by atoms with Crippen molar-refractivity contribution in [3.05, 3.63) is 30.3 Å². The Morgan fingerprint density at radius 1 is 1.08 bits per heavy atom. The lowest BCUT2D eigenvalue weighted by molar-refractivity contribution is -0.0698. The standard InChI is InChI=1S/C21H30N2O2/c1-2-21(11-7-4-8-12-21)25-18-20(24)17-22-13-15-23(16-14-22)19-9-5-3-6-10-19/h1,3,5-6,9-10,20,24H,4,7-8,11-18H2/t20-/m0/s1. The number of aliphatic hydroxyl groups is 1. The highest BCUT2D eigenvalue weighted by molar-refractivity contribution is 5.46. The molecule has 25 heavy (non-hydrogen) atoms. The molecule has 4 nitrogen and oxygen atoms in total. The van der Waals surface area contributed by atoms with Gasteiger partial charge in [0.15, 0.2) is 0 Å². The monoisotopic (exact) mass is 342 g/mol. The third-order valence-corrected chi connectivity index (χ3v) is 5.44. The predicted octanol–water partition coefficient (Wildman–Crippen LogP) is 2.52. The van der Waals surface area contributed by atoms with E-state index in [0.717, 1.165) is 51.9 Å². The summed E-state index contributed by atoms with van der Waals surface area (Å²) in [5.41, 5.74) is 0.838. The van der Waals surface area contributed by atoms with E-state index in [-0.39, 0.29) is 0 Å². The zero-order valence-corrected chi connectivity index (χ0v) is 15.1. The van der Waals surface area contributed by atoms with E-state index in [1.807, 2.05) is 6.07 Å². The van der Waals surface area contributed by atoms with Crippen LogP contribution in [0.25, 0.3) is 0 Å². The maximum Gasteiger partial charge on any atom is 0.128 e. The summed E-state index contributed by atoms with van der Waals surface area (Å²) in [7, 11) is 0. The van der Waals surface area contributed by atoms with E-state index in [0.29, 0.717) is 13.2 Å². The number of hydrogen-bond acceptors (Lipinski definition) is 4. The molecule has 1 aromatic carbocycles. The van der Waals surface area contributed by atoms with Gasteiger partial charge in [-0.05, 0) is 37.8 Å². The third-order valence-electron chi connectivity index (χ3n) is 5.44. The summed E-state index contributed by atoms with van der Waals surface area (Å²) in [6.07, 6.45) is 10.6. The maximum atomic E-state index is 10.4. The van der Waals surface area contributed by atoms with Gasteiger partial charge >= 0.3 is 0 Å². The zero-order valence-electron chi connectivity index (χ0n) is 15.1.